The Hall–Kier alpha value is -6.03. The van der Waals surface area contributed by atoms with Crippen molar-refractivity contribution in [3.8, 4) is 22.3 Å². The maximum Gasteiger partial charge on any atom is 0.0775 e. The second-order valence-electron chi connectivity index (χ2n) is 22.5. The Labute approximate surface area is 412 Å². The van der Waals surface area contributed by atoms with Crippen LogP contribution in [0.4, 0.5) is 34.1 Å². The van der Waals surface area contributed by atoms with Crippen molar-refractivity contribution in [2.75, 3.05) is 9.80 Å². The second kappa shape index (κ2) is 19.5. The van der Waals surface area contributed by atoms with Crippen molar-refractivity contribution in [1.82, 2.24) is 0 Å². The van der Waals surface area contributed by atoms with Gasteiger partial charge in [0, 0.05) is 34.1 Å². The van der Waals surface area contributed by atoms with Crippen LogP contribution >= 0.6 is 0 Å². The highest BCUT2D eigenvalue weighted by atomic mass is 28.3. The summed E-state index contributed by atoms with van der Waals surface area (Å²) in [6.07, 6.45) is 4.41. The van der Waals surface area contributed by atoms with Crippen molar-refractivity contribution in [3.05, 3.63) is 205 Å². The molecule has 0 radical (unpaired) electrons. The molecule has 0 aliphatic heterocycles. The number of nitrogens with zero attached hydrogens (tertiary/aromatic N) is 2. The third kappa shape index (κ3) is 11.4. The Morgan fingerprint density at radius 1 is 0.221 bits per heavy atom. The van der Waals surface area contributed by atoms with E-state index in [9.17, 15) is 0 Å². The Morgan fingerprint density at radius 3 is 0.559 bits per heavy atom. The molecule has 0 heterocycles. The first-order chi connectivity index (χ1) is 32.2. The zero-order chi connectivity index (χ0) is 48.4. The molecule has 68 heavy (non-hydrogen) atoms. The Balaban J connectivity index is 0.958. The average Bonchev–Trinajstić information content (AvgIpc) is 3.31. The summed E-state index contributed by atoms with van der Waals surface area (Å²) < 4.78 is 0. The molecule has 0 aromatic heterocycles. The molecule has 0 N–H and O–H groups in total. The van der Waals surface area contributed by atoms with Crippen LogP contribution < -0.4 is 30.5 Å². The monoisotopic (exact) mass is 954 g/mol. The maximum atomic E-state index is 2.41. The van der Waals surface area contributed by atoms with Crippen LogP contribution in [0.2, 0.25) is 78.6 Å². The third-order valence-corrected chi connectivity index (χ3v) is 21.4. The standard InChI is InChI=1S/C62H70N2Si4/c1-65(2,3)59-39-31-55(32-40-59)63(56-33-41-60(42-34-56)66(4,5)6)53-27-23-51(24-28-53)49-19-15-47(16-20-49)13-14-48-17-21-50(22-18-48)52-25-29-54(30-26-52)64(57-35-43-61(44-36-57)67(7,8)9)58-37-45-62(46-38-58)68(10,11)12/h13-46H,1-12H3/b14-13+. The van der Waals surface area contributed by atoms with Crippen molar-refractivity contribution in [3.63, 3.8) is 0 Å². The van der Waals surface area contributed by atoms with Gasteiger partial charge in [-0.15, -0.1) is 0 Å². The Kier molecular flexibility index (Phi) is 13.9. The molecular weight excluding hydrogens is 885 g/mol. The summed E-state index contributed by atoms with van der Waals surface area (Å²) >= 11 is 0. The molecule has 0 atom stereocenters. The van der Waals surface area contributed by atoms with Gasteiger partial charge in [0.25, 0.3) is 0 Å². The number of benzene rings is 8. The summed E-state index contributed by atoms with van der Waals surface area (Å²) in [5.74, 6) is 0. The quantitative estimate of drug-likeness (QED) is 0.0792. The van der Waals surface area contributed by atoms with Crippen molar-refractivity contribution in [2.24, 2.45) is 0 Å². The van der Waals surface area contributed by atoms with Crippen LogP contribution in [0.15, 0.2) is 194 Å². The number of rotatable bonds is 14. The van der Waals surface area contributed by atoms with Crippen molar-refractivity contribution >= 4 is 99.3 Å². The van der Waals surface area contributed by atoms with E-state index in [1.54, 1.807) is 0 Å². The number of hydrogen-bond acceptors (Lipinski definition) is 2. The van der Waals surface area contributed by atoms with Crippen LogP contribution in [0.3, 0.4) is 0 Å². The van der Waals surface area contributed by atoms with Gasteiger partial charge in [-0.25, -0.2) is 0 Å². The van der Waals surface area contributed by atoms with Crippen LogP contribution in [0.5, 0.6) is 0 Å². The molecular formula is C62H70N2Si4. The fraction of sp³-hybridized carbons (Fsp3) is 0.194. The molecule has 0 unspecified atom stereocenters. The molecule has 0 aliphatic carbocycles. The molecule has 8 aromatic carbocycles. The van der Waals surface area contributed by atoms with Crippen molar-refractivity contribution < 1.29 is 0 Å². The van der Waals surface area contributed by atoms with E-state index < -0.39 is 32.3 Å². The lowest BCUT2D eigenvalue weighted by molar-refractivity contribution is 1.29. The molecule has 0 spiro atoms. The Morgan fingerprint density at radius 2 is 0.382 bits per heavy atom. The first-order valence-corrected chi connectivity index (χ1v) is 38.3. The first kappa shape index (κ1) is 48.4. The first-order valence-electron chi connectivity index (χ1n) is 24.3. The predicted octanol–water partition coefficient (Wildman–Crippen LogP) is 16.3. The molecule has 8 rings (SSSR count). The van der Waals surface area contributed by atoms with E-state index in [4.69, 9.17) is 0 Å². The van der Waals surface area contributed by atoms with Gasteiger partial charge in [-0.05, 0) is 106 Å². The van der Waals surface area contributed by atoms with Gasteiger partial charge >= 0.3 is 0 Å². The zero-order valence-electron chi connectivity index (χ0n) is 42.5. The van der Waals surface area contributed by atoms with Gasteiger partial charge in [-0.2, -0.15) is 0 Å². The van der Waals surface area contributed by atoms with Gasteiger partial charge in [0.05, 0.1) is 32.3 Å². The van der Waals surface area contributed by atoms with E-state index >= 15 is 0 Å². The minimum Gasteiger partial charge on any atom is -0.311 e. The fourth-order valence-electron chi connectivity index (χ4n) is 8.71. The largest absolute Gasteiger partial charge is 0.311 e. The zero-order valence-corrected chi connectivity index (χ0v) is 46.5. The van der Waals surface area contributed by atoms with E-state index in [0.717, 1.165) is 11.4 Å². The lowest BCUT2D eigenvalue weighted by Crippen LogP contribution is -2.37. The third-order valence-electron chi connectivity index (χ3n) is 13.2. The highest BCUT2D eigenvalue weighted by Gasteiger charge is 2.22. The molecule has 2 nitrogen and oxygen atoms in total. The van der Waals surface area contributed by atoms with Gasteiger partial charge in [-0.1, -0.05) is 233 Å². The van der Waals surface area contributed by atoms with E-state index in [1.807, 2.05) is 0 Å². The van der Waals surface area contributed by atoms with Gasteiger partial charge in [0.1, 0.15) is 0 Å². The van der Waals surface area contributed by atoms with Crippen LogP contribution in [0.25, 0.3) is 34.4 Å². The summed E-state index contributed by atoms with van der Waals surface area (Å²) in [7, 11) is -5.64. The molecule has 0 fully saturated rings. The van der Waals surface area contributed by atoms with Crippen LogP contribution in [0.1, 0.15) is 11.1 Å². The molecule has 0 amide bonds. The topological polar surface area (TPSA) is 6.48 Å². The van der Waals surface area contributed by atoms with Crippen molar-refractivity contribution in [2.45, 2.75) is 78.6 Å². The second-order valence-corrected chi connectivity index (χ2v) is 42.8. The molecule has 0 saturated carbocycles. The van der Waals surface area contributed by atoms with Gasteiger partial charge in [0.2, 0.25) is 0 Å². The minimum atomic E-state index is -1.41. The summed E-state index contributed by atoms with van der Waals surface area (Å²) in [6.45, 7) is 28.9. The lowest BCUT2D eigenvalue weighted by atomic mass is 10.0. The van der Waals surface area contributed by atoms with Crippen LogP contribution in [-0.4, -0.2) is 32.3 Å². The van der Waals surface area contributed by atoms with Crippen LogP contribution in [0, 0.1) is 0 Å². The van der Waals surface area contributed by atoms with E-state index in [-0.39, 0.29) is 0 Å². The van der Waals surface area contributed by atoms with Gasteiger partial charge in [0.15, 0.2) is 0 Å². The summed E-state index contributed by atoms with van der Waals surface area (Å²) in [5, 5.41) is 5.89. The summed E-state index contributed by atoms with van der Waals surface area (Å²) in [6, 6.07) is 72.9. The van der Waals surface area contributed by atoms with E-state index in [1.165, 1.54) is 76.9 Å². The van der Waals surface area contributed by atoms with E-state index in [2.05, 4.69) is 295 Å². The number of hydrogen-bond donors (Lipinski definition) is 0. The van der Waals surface area contributed by atoms with Gasteiger partial charge < -0.3 is 9.80 Å². The van der Waals surface area contributed by atoms with Gasteiger partial charge in [-0.3, -0.25) is 0 Å². The molecule has 6 heteroatoms. The molecule has 0 bridgehead atoms. The average molecular weight is 956 g/mol. The molecule has 344 valence electrons. The molecule has 0 saturated heterocycles. The fourth-order valence-corrected chi connectivity index (χ4v) is 13.4. The lowest BCUT2D eigenvalue weighted by Gasteiger charge is -2.27. The summed E-state index contributed by atoms with van der Waals surface area (Å²) in [4.78, 5) is 4.78. The predicted molar refractivity (Wildman–Crippen MR) is 314 cm³/mol. The highest BCUT2D eigenvalue weighted by Crippen LogP contribution is 2.37. The molecule has 8 aromatic rings. The minimum absolute atomic E-state index is 1.15. The van der Waals surface area contributed by atoms with Crippen molar-refractivity contribution in [1.29, 1.82) is 0 Å². The SMILES string of the molecule is C[Si](C)(C)c1ccc(N(c2ccc(-c3ccc(/C=C/c4ccc(-c5ccc(N(c6ccc([Si](C)(C)C)cc6)c6ccc([Si](C)(C)C)cc6)cc5)cc4)cc3)cc2)c2ccc([Si](C)(C)C)cc2)cc1. The van der Waals surface area contributed by atoms with E-state index in [0.29, 0.717) is 0 Å². The normalized spacial score (nSPS) is 12.4. The summed E-state index contributed by atoms with van der Waals surface area (Å²) in [5.41, 5.74) is 14.2. The Bertz CT molecular complexity index is 2620. The highest BCUT2D eigenvalue weighted by molar-refractivity contribution is 6.90. The maximum absolute atomic E-state index is 2.41. The molecule has 0 aliphatic rings. The smallest absolute Gasteiger partial charge is 0.0775 e. The number of anilines is 6. The van der Waals surface area contributed by atoms with Crippen LogP contribution in [-0.2, 0) is 0 Å².